The minimum atomic E-state index is 0.580. The maximum absolute atomic E-state index is 6.04. The molecule has 0 unspecified atom stereocenters. The molecule has 0 N–H and O–H groups in total. The molecule has 0 aliphatic carbocycles. The van der Waals surface area contributed by atoms with Crippen molar-refractivity contribution in [2.24, 2.45) is 0 Å². The maximum Gasteiger partial charge on any atom is 0.203 e. The topological polar surface area (TPSA) is 17.8 Å². The molecule has 1 heterocycles. The number of aromatic nitrogens is 2. The van der Waals surface area contributed by atoms with Crippen molar-refractivity contribution in [1.82, 2.24) is 9.55 Å². The molecule has 2 nitrogen and oxygen atoms in total. The van der Waals surface area contributed by atoms with E-state index in [0.717, 1.165) is 17.6 Å². The summed E-state index contributed by atoms with van der Waals surface area (Å²) in [6, 6.07) is 4.26. The molecule has 0 spiro atoms. The molecule has 0 saturated carbocycles. The molecule has 0 fully saturated rings. The Bertz CT molecular complexity index is 485. The van der Waals surface area contributed by atoms with Crippen LogP contribution >= 0.6 is 11.6 Å². The number of imidazole rings is 1. The molecule has 0 saturated heterocycles. The quantitative estimate of drug-likeness (QED) is 0.703. The molecule has 0 aliphatic heterocycles. The fourth-order valence-electron chi connectivity index (χ4n) is 1.84. The van der Waals surface area contributed by atoms with Crippen LogP contribution in [0.5, 0.6) is 0 Å². The Hall–Kier alpha value is -1.02. The van der Waals surface area contributed by atoms with Gasteiger partial charge in [0, 0.05) is 6.54 Å². The Morgan fingerprint density at radius 1 is 1.36 bits per heavy atom. The van der Waals surface area contributed by atoms with Crippen molar-refractivity contribution in [3.05, 3.63) is 28.5 Å². The van der Waals surface area contributed by atoms with Gasteiger partial charge in [-0.05, 0) is 49.6 Å². The Balaban J connectivity index is 2.87. The third kappa shape index (κ3) is 1.30. The average Bonchev–Trinajstić information content (AvgIpc) is 2.41. The largest absolute Gasteiger partial charge is 0.315 e. The predicted molar refractivity (Wildman–Crippen MR) is 59.9 cm³/mol. The molecule has 2 aromatic rings. The lowest BCUT2D eigenvalue weighted by Gasteiger charge is -2.02. The number of halogens is 1. The summed E-state index contributed by atoms with van der Waals surface area (Å²) in [7, 11) is 0. The van der Waals surface area contributed by atoms with Crippen LogP contribution in [0.1, 0.15) is 18.1 Å². The van der Waals surface area contributed by atoms with E-state index in [9.17, 15) is 0 Å². The van der Waals surface area contributed by atoms with Crippen molar-refractivity contribution in [3.8, 4) is 0 Å². The molecule has 0 amide bonds. The molecule has 1 aromatic heterocycles. The van der Waals surface area contributed by atoms with Crippen LogP contribution in [0, 0.1) is 13.8 Å². The molecule has 0 radical (unpaired) electrons. The lowest BCUT2D eigenvalue weighted by Crippen LogP contribution is -1.93. The van der Waals surface area contributed by atoms with Crippen LogP contribution in [0.4, 0.5) is 0 Å². The van der Waals surface area contributed by atoms with Gasteiger partial charge in [0.25, 0.3) is 0 Å². The zero-order valence-corrected chi connectivity index (χ0v) is 9.39. The van der Waals surface area contributed by atoms with E-state index < -0.39 is 0 Å². The van der Waals surface area contributed by atoms with Gasteiger partial charge in [0.05, 0.1) is 11.0 Å². The van der Waals surface area contributed by atoms with Crippen molar-refractivity contribution in [1.29, 1.82) is 0 Å². The van der Waals surface area contributed by atoms with Crippen LogP contribution in [0.3, 0.4) is 0 Å². The molecule has 0 bridgehead atoms. The molecule has 1 aromatic carbocycles. The second-order valence-corrected chi connectivity index (χ2v) is 3.91. The highest BCUT2D eigenvalue weighted by atomic mass is 35.5. The van der Waals surface area contributed by atoms with Gasteiger partial charge in [-0.25, -0.2) is 4.98 Å². The van der Waals surface area contributed by atoms with Crippen molar-refractivity contribution < 1.29 is 0 Å². The van der Waals surface area contributed by atoms with Gasteiger partial charge in [-0.1, -0.05) is 6.07 Å². The summed E-state index contributed by atoms with van der Waals surface area (Å²) in [6.45, 7) is 7.09. The summed E-state index contributed by atoms with van der Waals surface area (Å²) in [5.41, 5.74) is 4.59. The molecule has 0 aliphatic rings. The highest BCUT2D eigenvalue weighted by Crippen LogP contribution is 2.23. The van der Waals surface area contributed by atoms with Crippen molar-refractivity contribution in [2.45, 2.75) is 27.3 Å². The van der Waals surface area contributed by atoms with E-state index in [1.807, 2.05) is 4.57 Å². The molecule has 0 atom stereocenters. The van der Waals surface area contributed by atoms with Crippen LogP contribution in [0.2, 0.25) is 5.28 Å². The Kier molecular flexibility index (Phi) is 2.23. The number of fused-ring (bicyclic) bond motifs is 1. The van der Waals surface area contributed by atoms with Gasteiger partial charge in [-0.15, -0.1) is 0 Å². The number of nitrogens with zero attached hydrogens (tertiary/aromatic N) is 2. The SMILES string of the molecule is CCn1c(Cl)nc2c(C)cc(C)cc21. The first-order chi connectivity index (χ1) is 6.63. The van der Waals surface area contributed by atoms with Crippen LogP contribution in [-0.4, -0.2) is 9.55 Å². The third-order valence-corrected chi connectivity index (χ3v) is 2.75. The summed E-state index contributed by atoms with van der Waals surface area (Å²) in [5, 5.41) is 0.580. The van der Waals surface area contributed by atoms with Crippen LogP contribution in [-0.2, 0) is 6.54 Å². The minimum Gasteiger partial charge on any atom is -0.315 e. The predicted octanol–water partition coefficient (Wildman–Crippen LogP) is 3.33. The highest BCUT2D eigenvalue weighted by molar-refractivity contribution is 6.29. The first-order valence-electron chi connectivity index (χ1n) is 4.76. The Labute approximate surface area is 88.5 Å². The molecule has 3 heteroatoms. The molecule has 74 valence electrons. The number of hydrogen-bond donors (Lipinski definition) is 0. The zero-order valence-electron chi connectivity index (χ0n) is 8.63. The lowest BCUT2D eigenvalue weighted by atomic mass is 10.1. The summed E-state index contributed by atoms with van der Waals surface area (Å²) in [6.07, 6.45) is 0. The highest BCUT2D eigenvalue weighted by Gasteiger charge is 2.09. The summed E-state index contributed by atoms with van der Waals surface area (Å²) in [5.74, 6) is 0. The number of benzene rings is 1. The second kappa shape index (κ2) is 3.28. The minimum absolute atomic E-state index is 0.580. The fraction of sp³-hybridized carbons (Fsp3) is 0.364. The average molecular weight is 209 g/mol. The third-order valence-electron chi connectivity index (χ3n) is 2.46. The Morgan fingerprint density at radius 3 is 2.71 bits per heavy atom. The van der Waals surface area contributed by atoms with Crippen LogP contribution in [0.25, 0.3) is 11.0 Å². The molecular formula is C11H13ClN2. The van der Waals surface area contributed by atoms with Gasteiger partial charge >= 0.3 is 0 Å². The van der Waals surface area contributed by atoms with Gasteiger partial charge in [0.1, 0.15) is 0 Å². The lowest BCUT2D eigenvalue weighted by molar-refractivity contribution is 0.788. The van der Waals surface area contributed by atoms with E-state index in [-0.39, 0.29) is 0 Å². The first-order valence-corrected chi connectivity index (χ1v) is 5.14. The zero-order chi connectivity index (χ0) is 10.3. The van der Waals surface area contributed by atoms with Gasteiger partial charge in [0.15, 0.2) is 0 Å². The Morgan fingerprint density at radius 2 is 2.07 bits per heavy atom. The number of hydrogen-bond acceptors (Lipinski definition) is 1. The van der Waals surface area contributed by atoms with Crippen molar-refractivity contribution in [3.63, 3.8) is 0 Å². The monoisotopic (exact) mass is 208 g/mol. The van der Waals surface area contributed by atoms with E-state index in [2.05, 4.69) is 37.9 Å². The van der Waals surface area contributed by atoms with E-state index in [4.69, 9.17) is 11.6 Å². The second-order valence-electron chi connectivity index (χ2n) is 3.57. The maximum atomic E-state index is 6.04. The van der Waals surface area contributed by atoms with E-state index in [1.54, 1.807) is 0 Å². The van der Waals surface area contributed by atoms with Gasteiger partial charge in [-0.3, -0.25) is 0 Å². The summed E-state index contributed by atoms with van der Waals surface area (Å²) >= 11 is 6.04. The van der Waals surface area contributed by atoms with E-state index in [1.165, 1.54) is 11.1 Å². The molecular weight excluding hydrogens is 196 g/mol. The van der Waals surface area contributed by atoms with Gasteiger partial charge < -0.3 is 4.57 Å². The van der Waals surface area contributed by atoms with Crippen LogP contribution in [0.15, 0.2) is 12.1 Å². The number of rotatable bonds is 1. The smallest absolute Gasteiger partial charge is 0.203 e. The molecule has 14 heavy (non-hydrogen) atoms. The van der Waals surface area contributed by atoms with Gasteiger partial charge in [-0.2, -0.15) is 0 Å². The van der Waals surface area contributed by atoms with Crippen molar-refractivity contribution >= 4 is 22.6 Å². The first kappa shape index (κ1) is 9.53. The standard InChI is InChI=1S/C11H13ClN2/c1-4-14-9-6-7(2)5-8(3)10(9)13-11(14)12/h5-6H,4H2,1-3H3. The summed E-state index contributed by atoms with van der Waals surface area (Å²) < 4.78 is 2.02. The normalized spacial score (nSPS) is 11.1. The van der Waals surface area contributed by atoms with Crippen LogP contribution < -0.4 is 0 Å². The molecule has 2 rings (SSSR count). The van der Waals surface area contributed by atoms with E-state index in [0.29, 0.717) is 5.28 Å². The summed E-state index contributed by atoms with van der Waals surface area (Å²) in [4.78, 5) is 4.35. The van der Waals surface area contributed by atoms with Gasteiger partial charge in [0.2, 0.25) is 5.28 Å². The van der Waals surface area contributed by atoms with Crippen molar-refractivity contribution in [2.75, 3.05) is 0 Å². The fourth-order valence-corrected chi connectivity index (χ4v) is 2.14. The number of aryl methyl sites for hydroxylation is 3. The van der Waals surface area contributed by atoms with E-state index >= 15 is 0 Å².